The highest BCUT2D eigenvalue weighted by Crippen LogP contribution is 2.31. The molecule has 3 rings (SSSR count). The van der Waals surface area contributed by atoms with Crippen LogP contribution >= 0.6 is 0 Å². The van der Waals surface area contributed by atoms with Gasteiger partial charge >= 0.3 is 0 Å². The van der Waals surface area contributed by atoms with Gasteiger partial charge in [-0.15, -0.1) is 10.2 Å². The Hall–Kier alpha value is -2.04. The lowest BCUT2D eigenvalue weighted by Gasteiger charge is -2.26. The molecule has 0 aliphatic carbocycles. The third-order valence-electron chi connectivity index (χ3n) is 2.74. The van der Waals surface area contributed by atoms with Gasteiger partial charge in [-0.05, 0) is 12.1 Å². The number of para-hydroxylation sites is 2. The first-order valence-corrected chi connectivity index (χ1v) is 5.63. The van der Waals surface area contributed by atoms with Crippen molar-refractivity contribution in [3.05, 3.63) is 36.9 Å². The van der Waals surface area contributed by atoms with Crippen molar-refractivity contribution in [3.63, 3.8) is 0 Å². The fourth-order valence-electron chi connectivity index (χ4n) is 1.84. The van der Waals surface area contributed by atoms with Crippen LogP contribution in [0.25, 0.3) is 0 Å². The molecule has 1 aliphatic heterocycles. The number of ether oxygens (including phenoxy) is 2. The molecule has 0 saturated carbocycles. The van der Waals surface area contributed by atoms with Crippen LogP contribution in [0, 0.1) is 0 Å². The molecule has 88 valence electrons. The first kappa shape index (κ1) is 10.1. The molecular weight excluding hydrogens is 218 g/mol. The SMILES string of the molecule is c1ccc2c(c1)OCC(CCn1cnnc1)O2. The average Bonchev–Trinajstić information content (AvgIpc) is 2.89. The molecule has 0 radical (unpaired) electrons. The highest BCUT2D eigenvalue weighted by Gasteiger charge is 2.20. The summed E-state index contributed by atoms with van der Waals surface area (Å²) in [5, 5.41) is 7.53. The van der Waals surface area contributed by atoms with E-state index in [0.717, 1.165) is 24.5 Å². The predicted molar refractivity (Wildman–Crippen MR) is 61.0 cm³/mol. The molecule has 0 spiro atoms. The monoisotopic (exact) mass is 231 g/mol. The van der Waals surface area contributed by atoms with E-state index in [4.69, 9.17) is 9.47 Å². The van der Waals surface area contributed by atoms with Crippen molar-refractivity contribution >= 4 is 0 Å². The lowest BCUT2D eigenvalue weighted by Crippen LogP contribution is -2.30. The van der Waals surface area contributed by atoms with Gasteiger partial charge in [0.25, 0.3) is 0 Å². The summed E-state index contributed by atoms with van der Waals surface area (Å²) in [4.78, 5) is 0. The van der Waals surface area contributed by atoms with Gasteiger partial charge in [0, 0.05) is 13.0 Å². The molecule has 0 N–H and O–H groups in total. The Bertz CT molecular complexity index is 484. The van der Waals surface area contributed by atoms with E-state index in [1.165, 1.54) is 0 Å². The van der Waals surface area contributed by atoms with Gasteiger partial charge in [-0.2, -0.15) is 0 Å². The number of nitrogens with zero attached hydrogens (tertiary/aromatic N) is 3. The zero-order valence-corrected chi connectivity index (χ0v) is 9.32. The smallest absolute Gasteiger partial charge is 0.161 e. The summed E-state index contributed by atoms with van der Waals surface area (Å²) in [5.41, 5.74) is 0. The zero-order valence-electron chi connectivity index (χ0n) is 9.32. The summed E-state index contributed by atoms with van der Waals surface area (Å²) in [7, 11) is 0. The number of aryl methyl sites for hydroxylation is 1. The van der Waals surface area contributed by atoms with E-state index >= 15 is 0 Å². The molecule has 1 atom stereocenters. The van der Waals surface area contributed by atoms with Gasteiger partial charge in [-0.25, -0.2) is 0 Å². The standard InChI is InChI=1S/C12H13N3O2/c1-2-4-12-11(3-1)16-7-10(17-12)5-6-15-8-13-14-9-15/h1-4,8-10H,5-7H2. The highest BCUT2D eigenvalue weighted by molar-refractivity contribution is 5.40. The molecule has 1 aromatic carbocycles. The first-order chi connectivity index (χ1) is 8.42. The number of rotatable bonds is 3. The van der Waals surface area contributed by atoms with E-state index in [-0.39, 0.29) is 6.10 Å². The zero-order chi connectivity index (χ0) is 11.5. The molecule has 2 heterocycles. The number of fused-ring (bicyclic) bond motifs is 1. The third kappa shape index (κ3) is 2.22. The summed E-state index contributed by atoms with van der Waals surface area (Å²) in [6.45, 7) is 1.43. The van der Waals surface area contributed by atoms with Gasteiger partial charge < -0.3 is 14.0 Å². The fraction of sp³-hybridized carbons (Fsp3) is 0.333. The Labute approximate surface area is 99.0 Å². The normalized spacial score (nSPS) is 18.0. The van der Waals surface area contributed by atoms with Crippen LogP contribution in [0.2, 0.25) is 0 Å². The summed E-state index contributed by atoms with van der Waals surface area (Å²) in [5.74, 6) is 1.65. The van der Waals surface area contributed by atoms with E-state index in [1.54, 1.807) is 12.7 Å². The van der Waals surface area contributed by atoms with Crippen molar-refractivity contribution in [2.24, 2.45) is 0 Å². The van der Waals surface area contributed by atoms with Crippen LogP contribution in [-0.2, 0) is 6.54 Å². The summed E-state index contributed by atoms with van der Waals surface area (Å²) >= 11 is 0. The molecule has 2 aromatic rings. The largest absolute Gasteiger partial charge is 0.486 e. The molecule has 1 aliphatic rings. The maximum atomic E-state index is 5.85. The van der Waals surface area contributed by atoms with Gasteiger partial charge in [0.05, 0.1) is 0 Å². The number of benzene rings is 1. The summed E-state index contributed by atoms with van der Waals surface area (Å²) in [6, 6.07) is 7.75. The van der Waals surface area contributed by atoms with Crippen LogP contribution in [0.4, 0.5) is 0 Å². The third-order valence-corrected chi connectivity index (χ3v) is 2.74. The van der Waals surface area contributed by atoms with Gasteiger partial charge in [-0.3, -0.25) is 0 Å². The minimum Gasteiger partial charge on any atom is -0.486 e. The second-order valence-corrected chi connectivity index (χ2v) is 3.99. The Morgan fingerprint density at radius 2 is 1.94 bits per heavy atom. The van der Waals surface area contributed by atoms with Crippen molar-refractivity contribution < 1.29 is 9.47 Å². The van der Waals surface area contributed by atoms with Crippen molar-refractivity contribution in [1.82, 2.24) is 14.8 Å². The minimum absolute atomic E-state index is 0.0901. The van der Waals surface area contributed by atoms with Crippen LogP contribution in [0.3, 0.4) is 0 Å². The minimum atomic E-state index is 0.0901. The van der Waals surface area contributed by atoms with Gasteiger partial charge in [-0.1, -0.05) is 12.1 Å². The van der Waals surface area contributed by atoms with Crippen LogP contribution in [-0.4, -0.2) is 27.5 Å². The van der Waals surface area contributed by atoms with E-state index in [9.17, 15) is 0 Å². The second-order valence-electron chi connectivity index (χ2n) is 3.99. The van der Waals surface area contributed by atoms with Crippen LogP contribution in [0.1, 0.15) is 6.42 Å². The highest BCUT2D eigenvalue weighted by atomic mass is 16.6. The number of aromatic nitrogens is 3. The van der Waals surface area contributed by atoms with Gasteiger partial charge in [0.2, 0.25) is 0 Å². The molecular formula is C12H13N3O2. The van der Waals surface area contributed by atoms with Crippen LogP contribution in [0.15, 0.2) is 36.9 Å². The maximum absolute atomic E-state index is 5.85. The molecule has 0 amide bonds. The molecule has 0 fully saturated rings. The molecule has 0 saturated heterocycles. The molecule has 1 unspecified atom stereocenters. The van der Waals surface area contributed by atoms with Crippen LogP contribution < -0.4 is 9.47 Å². The van der Waals surface area contributed by atoms with Gasteiger partial charge in [0.15, 0.2) is 11.5 Å². The van der Waals surface area contributed by atoms with Crippen molar-refractivity contribution in [1.29, 1.82) is 0 Å². The quantitative estimate of drug-likeness (QED) is 0.803. The Kier molecular flexibility index (Phi) is 2.65. The van der Waals surface area contributed by atoms with E-state index in [0.29, 0.717) is 6.61 Å². The lowest BCUT2D eigenvalue weighted by atomic mass is 10.2. The molecule has 5 nitrogen and oxygen atoms in total. The molecule has 1 aromatic heterocycles. The average molecular weight is 231 g/mol. The summed E-state index contributed by atoms with van der Waals surface area (Å²) < 4.78 is 13.4. The van der Waals surface area contributed by atoms with Crippen molar-refractivity contribution in [2.75, 3.05) is 6.61 Å². The van der Waals surface area contributed by atoms with Crippen molar-refractivity contribution in [2.45, 2.75) is 19.1 Å². The van der Waals surface area contributed by atoms with E-state index in [2.05, 4.69) is 10.2 Å². The predicted octanol–water partition coefficient (Wildman–Crippen LogP) is 1.51. The van der Waals surface area contributed by atoms with Crippen molar-refractivity contribution in [3.8, 4) is 11.5 Å². The number of hydrogen-bond acceptors (Lipinski definition) is 4. The van der Waals surface area contributed by atoms with Crippen LogP contribution in [0.5, 0.6) is 11.5 Å². The Morgan fingerprint density at radius 3 is 2.76 bits per heavy atom. The molecule has 17 heavy (non-hydrogen) atoms. The second kappa shape index (κ2) is 4.45. The maximum Gasteiger partial charge on any atom is 0.161 e. The topological polar surface area (TPSA) is 49.2 Å². The fourth-order valence-corrected chi connectivity index (χ4v) is 1.84. The molecule has 0 bridgehead atoms. The van der Waals surface area contributed by atoms with E-state index < -0.39 is 0 Å². The Balaban J connectivity index is 1.61. The Morgan fingerprint density at radius 1 is 1.18 bits per heavy atom. The van der Waals surface area contributed by atoms with E-state index in [1.807, 2.05) is 28.8 Å². The van der Waals surface area contributed by atoms with Gasteiger partial charge in [0.1, 0.15) is 25.4 Å². The number of hydrogen-bond donors (Lipinski definition) is 0. The summed E-state index contributed by atoms with van der Waals surface area (Å²) in [6.07, 6.45) is 4.38. The first-order valence-electron chi connectivity index (χ1n) is 5.63. The lowest BCUT2D eigenvalue weighted by molar-refractivity contribution is 0.0816. The molecule has 5 heteroatoms.